The molecule has 7 heteroatoms. The van der Waals surface area contributed by atoms with Crippen molar-refractivity contribution in [3.8, 4) is 11.3 Å². The van der Waals surface area contributed by atoms with Gasteiger partial charge in [-0.2, -0.15) is 5.10 Å². The number of carbonyl (C=O) groups is 1. The van der Waals surface area contributed by atoms with Crippen molar-refractivity contribution in [2.45, 2.75) is 37.1 Å². The van der Waals surface area contributed by atoms with Gasteiger partial charge in [-0.25, -0.2) is 4.68 Å². The highest BCUT2D eigenvalue weighted by Gasteiger charge is 2.37. The maximum atomic E-state index is 13.4. The SMILES string of the molecule is CN(C)C(=O)c1cc(-c2ccccc2)nn(C2CCC(CN)(c3cccc(Cl)c3)CC2)c1=O. The topological polar surface area (TPSA) is 81.2 Å². The molecule has 4 rings (SSSR count). The summed E-state index contributed by atoms with van der Waals surface area (Å²) in [5, 5.41) is 5.41. The lowest BCUT2D eigenvalue weighted by Crippen LogP contribution is -2.42. The van der Waals surface area contributed by atoms with Gasteiger partial charge in [0.15, 0.2) is 0 Å². The van der Waals surface area contributed by atoms with Crippen LogP contribution in [-0.4, -0.2) is 41.2 Å². The second-order valence-electron chi connectivity index (χ2n) is 8.98. The summed E-state index contributed by atoms with van der Waals surface area (Å²) >= 11 is 6.24. The molecular weight excluding hydrogens is 436 g/mol. The lowest BCUT2D eigenvalue weighted by atomic mass is 9.68. The van der Waals surface area contributed by atoms with Crippen molar-refractivity contribution < 1.29 is 4.79 Å². The van der Waals surface area contributed by atoms with Crippen LogP contribution in [0, 0.1) is 0 Å². The van der Waals surface area contributed by atoms with Crippen molar-refractivity contribution in [1.82, 2.24) is 14.7 Å². The van der Waals surface area contributed by atoms with Gasteiger partial charge in [0.25, 0.3) is 11.5 Å². The van der Waals surface area contributed by atoms with Crippen molar-refractivity contribution >= 4 is 17.5 Å². The molecule has 1 heterocycles. The number of benzene rings is 2. The normalized spacial score (nSPS) is 20.4. The Morgan fingerprint density at radius 1 is 1.12 bits per heavy atom. The Kier molecular flexibility index (Phi) is 6.68. The molecule has 0 saturated heterocycles. The zero-order valence-electron chi connectivity index (χ0n) is 19.0. The molecule has 1 aromatic heterocycles. The first kappa shape index (κ1) is 23.2. The molecular formula is C26H29ClN4O2. The van der Waals surface area contributed by atoms with Crippen molar-refractivity contribution in [1.29, 1.82) is 0 Å². The van der Waals surface area contributed by atoms with Crippen LogP contribution in [0.4, 0.5) is 0 Å². The summed E-state index contributed by atoms with van der Waals surface area (Å²) in [7, 11) is 3.30. The van der Waals surface area contributed by atoms with Gasteiger partial charge in [0.05, 0.1) is 11.7 Å². The quantitative estimate of drug-likeness (QED) is 0.611. The molecule has 1 fully saturated rings. The van der Waals surface area contributed by atoms with Crippen LogP contribution in [0.15, 0.2) is 65.5 Å². The van der Waals surface area contributed by atoms with E-state index in [1.54, 1.807) is 20.2 Å². The van der Waals surface area contributed by atoms with E-state index >= 15 is 0 Å². The number of rotatable bonds is 5. The second-order valence-corrected chi connectivity index (χ2v) is 9.42. The minimum atomic E-state index is -0.346. The third-order valence-electron chi connectivity index (χ3n) is 6.73. The van der Waals surface area contributed by atoms with Gasteiger partial charge < -0.3 is 10.6 Å². The van der Waals surface area contributed by atoms with Crippen molar-refractivity contribution in [3.63, 3.8) is 0 Å². The summed E-state index contributed by atoms with van der Waals surface area (Å²) in [5.41, 5.74) is 8.49. The fraction of sp³-hybridized carbons (Fsp3) is 0.346. The predicted molar refractivity (Wildman–Crippen MR) is 132 cm³/mol. The Morgan fingerprint density at radius 3 is 2.42 bits per heavy atom. The fourth-order valence-electron chi connectivity index (χ4n) is 4.73. The van der Waals surface area contributed by atoms with E-state index < -0.39 is 0 Å². The minimum Gasteiger partial charge on any atom is -0.345 e. The van der Waals surface area contributed by atoms with Gasteiger partial charge in [-0.15, -0.1) is 0 Å². The third-order valence-corrected chi connectivity index (χ3v) is 6.96. The Bertz CT molecular complexity index is 1200. The molecule has 0 aliphatic heterocycles. The van der Waals surface area contributed by atoms with Gasteiger partial charge >= 0.3 is 0 Å². The van der Waals surface area contributed by atoms with Gasteiger partial charge in [0.1, 0.15) is 5.56 Å². The summed E-state index contributed by atoms with van der Waals surface area (Å²) in [5.74, 6) is -0.320. The maximum Gasteiger partial charge on any atom is 0.279 e. The molecule has 0 spiro atoms. The van der Waals surface area contributed by atoms with Gasteiger partial charge in [0.2, 0.25) is 0 Å². The molecule has 33 heavy (non-hydrogen) atoms. The second kappa shape index (κ2) is 9.49. The number of amides is 1. The molecule has 1 aliphatic rings. The number of nitrogens with two attached hydrogens (primary N) is 1. The van der Waals surface area contributed by atoms with E-state index in [0.29, 0.717) is 17.3 Å². The Hall–Kier alpha value is -2.96. The molecule has 1 aliphatic carbocycles. The highest BCUT2D eigenvalue weighted by Crippen LogP contribution is 2.42. The van der Waals surface area contributed by atoms with Crippen LogP contribution in [-0.2, 0) is 5.41 Å². The highest BCUT2D eigenvalue weighted by molar-refractivity contribution is 6.30. The average molecular weight is 465 g/mol. The zero-order chi connectivity index (χ0) is 23.6. The number of nitrogens with zero attached hydrogens (tertiary/aromatic N) is 3. The Morgan fingerprint density at radius 2 is 1.82 bits per heavy atom. The number of hydrogen-bond donors (Lipinski definition) is 1. The first-order valence-corrected chi connectivity index (χ1v) is 11.6. The van der Waals surface area contributed by atoms with E-state index in [9.17, 15) is 9.59 Å². The standard InChI is InChI=1S/C26H29ClN4O2/c1-30(2)24(32)22-16-23(18-7-4-3-5-8-18)29-31(25(22)33)21-11-13-26(17-28,14-12-21)19-9-6-10-20(27)15-19/h3-10,15-16,21H,11-14,17,28H2,1-2H3. The molecule has 0 radical (unpaired) electrons. The summed E-state index contributed by atoms with van der Waals surface area (Å²) in [6.07, 6.45) is 3.11. The predicted octanol–water partition coefficient (Wildman–Crippen LogP) is 4.28. The molecule has 2 aromatic carbocycles. The number of carbonyl (C=O) groups excluding carboxylic acids is 1. The van der Waals surface area contributed by atoms with Gasteiger partial charge in [0, 0.05) is 36.6 Å². The fourth-order valence-corrected chi connectivity index (χ4v) is 4.92. The monoisotopic (exact) mass is 464 g/mol. The van der Waals surface area contributed by atoms with E-state index in [2.05, 4.69) is 6.07 Å². The first-order valence-electron chi connectivity index (χ1n) is 11.2. The van der Waals surface area contributed by atoms with Crippen LogP contribution < -0.4 is 11.3 Å². The number of halogens is 1. The number of aromatic nitrogens is 2. The largest absolute Gasteiger partial charge is 0.345 e. The molecule has 0 unspecified atom stereocenters. The summed E-state index contributed by atoms with van der Waals surface area (Å²) in [4.78, 5) is 27.6. The van der Waals surface area contributed by atoms with E-state index in [4.69, 9.17) is 22.4 Å². The van der Waals surface area contributed by atoms with Crippen molar-refractivity contribution in [2.75, 3.05) is 20.6 Å². The Balaban J connectivity index is 1.71. The lowest BCUT2D eigenvalue weighted by molar-refractivity contribution is 0.0824. The molecule has 1 amide bonds. The minimum absolute atomic E-state index is 0.103. The van der Waals surface area contributed by atoms with Crippen LogP contribution in [0.1, 0.15) is 47.6 Å². The number of hydrogen-bond acceptors (Lipinski definition) is 4. The summed E-state index contributed by atoms with van der Waals surface area (Å²) in [6.45, 7) is 0.511. The summed E-state index contributed by atoms with van der Waals surface area (Å²) in [6, 6.07) is 19.0. The molecule has 3 aromatic rings. The van der Waals surface area contributed by atoms with Crippen molar-refractivity contribution in [3.05, 3.63) is 87.2 Å². The van der Waals surface area contributed by atoms with Gasteiger partial charge in [-0.05, 0) is 49.4 Å². The summed E-state index contributed by atoms with van der Waals surface area (Å²) < 4.78 is 1.53. The van der Waals surface area contributed by atoms with Crippen LogP contribution in [0.3, 0.4) is 0 Å². The average Bonchev–Trinajstić information content (AvgIpc) is 2.84. The first-order chi connectivity index (χ1) is 15.8. The van der Waals surface area contributed by atoms with Crippen LogP contribution in [0.25, 0.3) is 11.3 Å². The van der Waals surface area contributed by atoms with Crippen molar-refractivity contribution in [2.24, 2.45) is 5.73 Å². The molecule has 0 bridgehead atoms. The third kappa shape index (κ3) is 4.59. The van der Waals surface area contributed by atoms with E-state index in [1.165, 1.54) is 9.58 Å². The van der Waals surface area contributed by atoms with E-state index in [-0.39, 0.29) is 28.5 Å². The van der Waals surface area contributed by atoms with Gasteiger partial charge in [-0.1, -0.05) is 54.1 Å². The molecule has 6 nitrogen and oxygen atoms in total. The van der Waals surface area contributed by atoms with Gasteiger partial charge in [-0.3, -0.25) is 9.59 Å². The van der Waals surface area contributed by atoms with E-state index in [0.717, 1.165) is 36.8 Å². The highest BCUT2D eigenvalue weighted by atomic mass is 35.5. The molecule has 0 atom stereocenters. The smallest absolute Gasteiger partial charge is 0.279 e. The maximum absolute atomic E-state index is 13.4. The molecule has 2 N–H and O–H groups in total. The lowest BCUT2D eigenvalue weighted by Gasteiger charge is -2.40. The Labute approximate surface area is 199 Å². The van der Waals surface area contributed by atoms with Crippen LogP contribution in [0.2, 0.25) is 5.02 Å². The van der Waals surface area contributed by atoms with E-state index in [1.807, 2.05) is 48.5 Å². The molecule has 1 saturated carbocycles. The van der Waals surface area contributed by atoms with Crippen LogP contribution in [0.5, 0.6) is 0 Å². The molecule has 172 valence electrons. The zero-order valence-corrected chi connectivity index (χ0v) is 19.8. The van der Waals surface area contributed by atoms with Crippen LogP contribution >= 0.6 is 11.6 Å².